The van der Waals surface area contributed by atoms with Crippen LogP contribution in [0.15, 0.2) is 48.6 Å². The van der Waals surface area contributed by atoms with E-state index in [1.165, 1.54) is 0 Å². The number of carbonyl (C=O) groups excluding carboxylic acids is 3. The van der Waals surface area contributed by atoms with E-state index in [2.05, 4.69) is 0 Å². The molecular formula is C30H39N3O6. The highest BCUT2D eigenvalue weighted by Crippen LogP contribution is 2.57. The topological polar surface area (TPSA) is 99.6 Å². The van der Waals surface area contributed by atoms with Gasteiger partial charge in [-0.3, -0.25) is 14.4 Å². The van der Waals surface area contributed by atoms with Crippen LogP contribution in [0.3, 0.4) is 0 Å². The van der Waals surface area contributed by atoms with Gasteiger partial charge in [0, 0.05) is 38.5 Å². The summed E-state index contributed by atoms with van der Waals surface area (Å²) >= 11 is 0. The number of aliphatic hydroxyl groups excluding tert-OH is 1. The lowest BCUT2D eigenvalue weighted by Gasteiger charge is -2.37. The molecule has 2 fully saturated rings. The quantitative estimate of drug-likeness (QED) is 0.384. The summed E-state index contributed by atoms with van der Waals surface area (Å²) in [6.07, 6.45) is 10.4. The molecule has 0 aliphatic carbocycles. The molecule has 39 heavy (non-hydrogen) atoms. The van der Waals surface area contributed by atoms with Crippen LogP contribution in [-0.4, -0.2) is 89.8 Å². The number of hydrogen-bond acceptors (Lipinski definition) is 6. The second-order valence-corrected chi connectivity index (χ2v) is 11.0. The number of rotatable bonds is 9. The van der Waals surface area contributed by atoms with E-state index in [1.807, 2.05) is 50.3 Å². The first-order valence-electron chi connectivity index (χ1n) is 14.0. The smallest absolute Gasteiger partial charge is 0.253 e. The third kappa shape index (κ3) is 4.45. The van der Waals surface area contributed by atoms with Crippen molar-refractivity contribution in [1.82, 2.24) is 9.80 Å². The molecule has 0 aromatic heterocycles. The molecule has 4 aliphatic heterocycles. The number of fused-ring (bicyclic) bond motifs is 2. The highest BCUT2D eigenvalue weighted by molar-refractivity contribution is 6.06. The fourth-order valence-corrected chi connectivity index (χ4v) is 6.85. The Morgan fingerprint density at radius 1 is 0.949 bits per heavy atom. The second kappa shape index (κ2) is 10.8. The van der Waals surface area contributed by atoms with Gasteiger partial charge in [0.05, 0.1) is 24.5 Å². The maximum Gasteiger partial charge on any atom is 0.253 e. The van der Waals surface area contributed by atoms with Gasteiger partial charge in [-0.1, -0.05) is 31.2 Å². The zero-order valence-electron chi connectivity index (χ0n) is 23.0. The number of hydrogen-bond donors (Lipinski definition) is 1. The van der Waals surface area contributed by atoms with E-state index in [-0.39, 0.29) is 24.3 Å². The van der Waals surface area contributed by atoms with Crippen molar-refractivity contribution in [2.75, 3.05) is 44.8 Å². The number of benzene rings is 1. The molecule has 5 atom stereocenters. The van der Waals surface area contributed by atoms with Crippen molar-refractivity contribution in [3.05, 3.63) is 48.6 Å². The standard InChI is InChI=1S/C30H39N3O6/c1-4-16-31-17-8-14-29(2)23(26(31)35)24-27(36)33(18-6-5-7-20-34)25-28(37)32(19-9-15-30(24,25)39-29)21-10-12-22(38-3)13-11-21/h8-15,23-25,34H,4-7,16-20H2,1-3H3/t23-,24+,25?,29+,30+/m1/s1. The SMILES string of the molecule is CCCN1CC=C[C@]2(C)O[C@]34C=CCN(c5ccc(OC)cc5)C(=O)C3N(CCCCCO)C(=O)[C@@H]4[C@@H]2C1=O. The molecular weight excluding hydrogens is 498 g/mol. The zero-order chi connectivity index (χ0) is 27.8. The van der Waals surface area contributed by atoms with E-state index in [9.17, 15) is 19.5 Å². The minimum atomic E-state index is -1.26. The molecule has 1 aromatic rings. The maximum absolute atomic E-state index is 14.4. The molecule has 4 heterocycles. The predicted octanol–water partition coefficient (Wildman–Crippen LogP) is 2.54. The number of methoxy groups -OCH3 is 1. The molecule has 2 saturated heterocycles. The molecule has 1 unspecified atom stereocenters. The van der Waals surface area contributed by atoms with Gasteiger partial charge in [-0.25, -0.2) is 0 Å². The molecule has 210 valence electrons. The van der Waals surface area contributed by atoms with Crippen LogP contribution in [-0.2, 0) is 19.1 Å². The molecule has 5 rings (SSSR count). The highest BCUT2D eigenvalue weighted by Gasteiger charge is 2.74. The minimum absolute atomic E-state index is 0.0779. The second-order valence-electron chi connectivity index (χ2n) is 11.0. The van der Waals surface area contributed by atoms with Gasteiger partial charge in [-0.15, -0.1) is 0 Å². The molecule has 0 radical (unpaired) electrons. The number of aliphatic hydroxyl groups is 1. The fraction of sp³-hybridized carbons (Fsp3) is 0.567. The minimum Gasteiger partial charge on any atom is -0.497 e. The summed E-state index contributed by atoms with van der Waals surface area (Å²) in [7, 11) is 1.59. The molecule has 9 heteroatoms. The van der Waals surface area contributed by atoms with Crippen LogP contribution in [0.1, 0.15) is 39.5 Å². The molecule has 3 amide bonds. The fourth-order valence-electron chi connectivity index (χ4n) is 6.85. The van der Waals surface area contributed by atoms with E-state index in [0.717, 1.165) is 12.8 Å². The Morgan fingerprint density at radius 2 is 1.69 bits per heavy atom. The van der Waals surface area contributed by atoms with Crippen molar-refractivity contribution in [3.63, 3.8) is 0 Å². The number of carbonyl (C=O) groups is 3. The summed E-state index contributed by atoms with van der Waals surface area (Å²) in [6.45, 7) is 5.72. The first kappa shape index (κ1) is 27.4. The van der Waals surface area contributed by atoms with Gasteiger partial charge in [0.2, 0.25) is 11.8 Å². The van der Waals surface area contributed by atoms with E-state index >= 15 is 0 Å². The molecule has 0 saturated carbocycles. The number of anilines is 1. The van der Waals surface area contributed by atoms with Crippen LogP contribution in [0.4, 0.5) is 5.69 Å². The summed E-state index contributed by atoms with van der Waals surface area (Å²) in [4.78, 5) is 47.8. The first-order chi connectivity index (χ1) is 18.8. The van der Waals surface area contributed by atoms with Crippen LogP contribution in [0.5, 0.6) is 5.75 Å². The number of likely N-dealkylation sites (tertiary alicyclic amines) is 1. The maximum atomic E-state index is 14.4. The summed E-state index contributed by atoms with van der Waals surface area (Å²) < 4.78 is 12.1. The van der Waals surface area contributed by atoms with Gasteiger partial charge in [-0.05, 0) is 56.9 Å². The molecule has 0 bridgehead atoms. The molecule has 1 N–H and O–H groups in total. The lowest BCUT2D eigenvalue weighted by molar-refractivity contribution is -0.148. The summed E-state index contributed by atoms with van der Waals surface area (Å²) in [5.74, 6) is -1.40. The molecule has 4 aliphatic rings. The van der Waals surface area contributed by atoms with Crippen LogP contribution < -0.4 is 9.64 Å². The van der Waals surface area contributed by atoms with E-state index in [4.69, 9.17) is 9.47 Å². The van der Waals surface area contributed by atoms with Gasteiger partial charge < -0.3 is 29.3 Å². The van der Waals surface area contributed by atoms with Crippen molar-refractivity contribution in [2.24, 2.45) is 11.8 Å². The number of amides is 3. The third-order valence-electron chi connectivity index (χ3n) is 8.58. The molecule has 1 spiro atoms. The van der Waals surface area contributed by atoms with Gasteiger partial charge in [-0.2, -0.15) is 0 Å². The van der Waals surface area contributed by atoms with Crippen molar-refractivity contribution in [1.29, 1.82) is 0 Å². The number of unbranched alkanes of at least 4 members (excludes halogenated alkanes) is 2. The highest BCUT2D eigenvalue weighted by atomic mass is 16.5. The monoisotopic (exact) mass is 537 g/mol. The lowest BCUT2D eigenvalue weighted by atomic mass is 9.74. The third-order valence-corrected chi connectivity index (χ3v) is 8.58. The molecule has 1 aromatic carbocycles. The predicted molar refractivity (Wildman–Crippen MR) is 146 cm³/mol. The van der Waals surface area contributed by atoms with Crippen molar-refractivity contribution < 1.29 is 29.0 Å². The van der Waals surface area contributed by atoms with Crippen LogP contribution in [0.2, 0.25) is 0 Å². The van der Waals surface area contributed by atoms with Crippen molar-refractivity contribution in [2.45, 2.75) is 56.8 Å². The Morgan fingerprint density at radius 3 is 2.38 bits per heavy atom. The van der Waals surface area contributed by atoms with Gasteiger partial charge in [0.25, 0.3) is 5.91 Å². The summed E-state index contributed by atoms with van der Waals surface area (Å²) in [5.41, 5.74) is -1.58. The summed E-state index contributed by atoms with van der Waals surface area (Å²) in [5, 5.41) is 9.26. The van der Waals surface area contributed by atoms with Crippen LogP contribution >= 0.6 is 0 Å². The average molecular weight is 538 g/mol. The number of nitrogens with zero attached hydrogens (tertiary/aromatic N) is 3. The molecule has 9 nitrogen and oxygen atoms in total. The zero-order valence-corrected chi connectivity index (χ0v) is 23.0. The van der Waals surface area contributed by atoms with Crippen molar-refractivity contribution >= 4 is 23.4 Å². The average Bonchev–Trinajstić information content (AvgIpc) is 3.19. The Kier molecular flexibility index (Phi) is 7.57. The number of ether oxygens (including phenoxy) is 2. The van der Waals surface area contributed by atoms with E-state index < -0.39 is 29.1 Å². The first-order valence-corrected chi connectivity index (χ1v) is 14.0. The Labute approximate surface area is 230 Å². The van der Waals surface area contributed by atoms with Gasteiger partial charge in [0.1, 0.15) is 17.4 Å². The van der Waals surface area contributed by atoms with E-state index in [0.29, 0.717) is 50.5 Å². The normalized spacial score (nSPS) is 31.7. The van der Waals surface area contributed by atoms with E-state index in [1.54, 1.807) is 33.9 Å². The van der Waals surface area contributed by atoms with Crippen LogP contribution in [0.25, 0.3) is 0 Å². The van der Waals surface area contributed by atoms with Crippen molar-refractivity contribution in [3.8, 4) is 5.75 Å². The largest absolute Gasteiger partial charge is 0.497 e. The Balaban J connectivity index is 1.58. The lowest BCUT2D eigenvalue weighted by Crippen LogP contribution is -2.56. The van der Waals surface area contributed by atoms with Gasteiger partial charge in [0.15, 0.2) is 0 Å². The summed E-state index contributed by atoms with van der Waals surface area (Å²) in [6, 6.07) is 6.36. The Bertz CT molecular complexity index is 1170. The van der Waals surface area contributed by atoms with Gasteiger partial charge >= 0.3 is 0 Å². The van der Waals surface area contributed by atoms with Crippen LogP contribution in [0, 0.1) is 11.8 Å². The Hall–Kier alpha value is -3.17.